The molecule has 0 N–H and O–H groups in total. The van der Waals surface area contributed by atoms with Crippen molar-refractivity contribution in [1.29, 1.82) is 0 Å². The lowest BCUT2D eigenvalue weighted by molar-refractivity contribution is -0.131. The zero-order chi connectivity index (χ0) is 9.26. The van der Waals surface area contributed by atoms with Gasteiger partial charge < -0.3 is 4.90 Å². The molecule has 1 heterocycles. The van der Waals surface area contributed by atoms with Crippen molar-refractivity contribution in [2.24, 2.45) is 11.8 Å². The standard InChI is InChI=1S/C11H19NO/c1-2-12-7-9-5-3-4-6-10(8-12)11(9)13/h9-10H,2-8H2,1H3/t9-,10+. The molecule has 2 bridgehead atoms. The smallest absolute Gasteiger partial charge is 0.141 e. The van der Waals surface area contributed by atoms with E-state index in [0.29, 0.717) is 17.6 Å². The van der Waals surface area contributed by atoms with Gasteiger partial charge in [0.25, 0.3) is 0 Å². The average molecular weight is 181 g/mol. The predicted octanol–water partition coefficient (Wildman–Crippen LogP) is 1.70. The van der Waals surface area contributed by atoms with E-state index in [9.17, 15) is 4.79 Å². The van der Waals surface area contributed by atoms with Gasteiger partial charge in [0.1, 0.15) is 5.78 Å². The zero-order valence-corrected chi connectivity index (χ0v) is 8.46. The highest BCUT2D eigenvalue weighted by Gasteiger charge is 2.35. The Morgan fingerprint density at radius 2 is 1.77 bits per heavy atom. The van der Waals surface area contributed by atoms with Gasteiger partial charge in [-0.05, 0) is 19.4 Å². The first-order valence-electron chi connectivity index (χ1n) is 5.57. The fraction of sp³-hybridized carbons (Fsp3) is 0.909. The van der Waals surface area contributed by atoms with Gasteiger partial charge in [0.15, 0.2) is 0 Å². The molecule has 0 amide bonds. The molecule has 2 heteroatoms. The first-order chi connectivity index (χ1) is 6.31. The number of ketones is 1. The second-order valence-corrected chi connectivity index (χ2v) is 4.43. The van der Waals surface area contributed by atoms with E-state index in [1.54, 1.807) is 0 Å². The normalized spacial score (nSPS) is 35.9. The third-order valence-corrected chi connectivity index (χ3v) is 3.56. The van der Waals surface area contributed by atoms with Crippen LogP contribution in [0.25, 0.3) is 0 Å². The Morgan fingerprint density at radius 1 is 1.23 bits per heavy atom. The summed E-state index contributed by atoms with van der Waals surface area (Å²) in [4.78, 5) is 14.3. The van der Waals surface area contributed by atoms with Crippen molar-refractivity contribution in [3.63, 3.8) is 0 Å². The molecule has 2 atom stereocenters. The topological polar surface area (TPSA) is 20.3 Å². The number of hydrogen-bond donors (Lipinski definition) is 0. The fourth-order valence-corrected chi connectivity index (χ4v) is 2.72. The largest absolute Gasteiger partial charge is 0.302 e. The van der Waals surface area contributed by atoms with Crippen LogP contribution in [0.1, 0.15) is 32.6 Å². The van der Waals surface area contributed by atoms with E-state index in [4.69, 9.17) is 0 Å². The lowest BCUT2D eigenvalue weighted by Gasteiger charge is -2.34. The third-order valence-electron chi connectivity index (χ3n) is 3.56. The number of nitrogens with zero attached hydrogens (tertiary/aromatic N) is 1. The van der Waals surface area contributed by atoms with E-state index in [-0.39, 0.29) is 0 Å². The minimum Gasteiger partial charge on any atom is -0.302 e. The first kappa shape index (κ1) is 9.20. The van der Waals surface area contributed by atoms with Crippen molar-refractivity contribution >= 4 is 5.78 Å². The third kappa shape index (κ3) is 1.78. The second-order valence-electron chi connectivity index (χ2n) is 4.43. The Hall–Kier alpha value is -0.370. The van der Waals surface area contributed by atoms with Crippen molar-refractivity contribution < 1.29 is 4.79 Å². The van der Waals surface area contributed by atoms with Crippen LogP contribution < -0.4 is 0 Å². The van der Waals surface area contributed by atoms with Crippen LogP contribution in [0.2, 0.25) is 0 Å². The molecule has 2 aliphatic rings. The van der Waals surface area contributed by atoms with E-state index in [0.717, 1.165) is 32.5 Å². The van der Waals surface area contributed by atoms with Crippen molar-refractivity contribution in [1.82, 2.24) is 4.90 Å². The summed E-state index contributed by atoms with van der Waals surface area (Å²) in [5.74, 6) is 1.32. The molecule has 0 spiro atoms. The van der Waals surface area contributed by atoms with Crippen LogP contribution in [-0.4, -0.2) is 30.3 Å². The SMILES string of the molecule is CCN1C[C@H]2CCCC[C@@H](C1)C2=O. The summed E-state index contributed by atoms with van der Waals surface area (Å²) in [6, 6.07) is 0. The fourth-order valence-electron chi connectivity index (χ4n) is 2.72. The molecule has 0 aromatic rings. The predicted molar refractivity (Wildman–Crippen MR) is 52.6 cm³/mol. The zero-order valence-electron chi connectivity index (χ0n) is 8.46. The molecule has 2 rings (SSSR count). The summed E-state index contributed by atoms with van der Waals surface area (Å²) in [6.45, 7) is 5.37. The van der Waals surface area contributed by atoms with E-state index in [1.165, 1.54) is 12.8 Å². The number of rotatable bonds is 1. The minimum absolute atomic E-state index is 0.376. The van der Waals surface area contributed by atoms with Gasteiger partial charge in [-0.15, -0.1) is 0 Å². The summed E-state index contributed by atoms with van der Waals surface area (Å²) >= 11 is 0. The number of carbonyl (C=O) groups is 1. The molecule has 2 nitrogen and oxygen atoms in total. The lowest BCUT2D eigenvalue weighted by Crippen LogP contribution is -2.45. The van der Waals surface area contributed by atoms with Crippen molar-refractivity contribution in [3.8, 4) is 0 Å². The molecule has 0 unspecified atom stereocenters. The van der Waals surface area contributed by atoms with Crippen LogP contribution in [0.4, 0.5) is 0 Å². The molecule has 0 radical (unpaired) electrons. The highest BCUT2D eigenvalue weighted by molar-refractivity contribution is 5.84. The Balaban J connectivity index is 2.09. The maximum absolute atomic E-state index is 11.9. The van der Waals surface area contributed by atoms with Gasteiger partial charge in [0.2, 0.25) is 0 Å². The molecular weight excluding hydrogens is 162 g/mol. The van der Waals surface area contributed by atoms with Crippen LogP contribution in [-0.2, 0) is 4.79 Å². The highest BCUT2D eigenvalue weighted by Crippen LogP contribution is 2.29. The summed E-state index contributed by atoms with van der Waals surface area (Å²) in [5, 5.41) is 0. The summed E-state index contributed by atoms with van der Waals surface area (Å²) in [6.07, 6.45) is 4.83. The monoisotopic (exact) mass is 181 g/mol. The molecule has 2 fully saturated rings. The number of hydrogen-bond acceptors (Lipinski definition) is 2. The van der Waals surface area contributed by atoms with Crippen LogP contribution >= 0.6 is 0 Å². The van der Waals surface area contributed by atoms with Crippen LogP contribution in [0.3, 0.4) is 0 Å². The van der Waals surface area contributed by atoms with Crippen LogP contribution in [0.15, 0.2) is 0 Å². The molecule has 74 valence electrons. The lowest BCUT2D eigenvalue weighted by atomic mass is 9.87. The number of likely N-dealkylation sites (tertiary alicyclic amines) is 1. The number of piperidine rings is 1. The minimum atomic E-state index is 0.376. The van der Waals surface area contributed by atoms with Gasteiger partial charge in [-0.1, -0.05) is 19.8 Å². The van der Waals surface area contributed by atoms with Gasteiger partial charge in [0, 0.05) is 24.9 Å². The van der Waals surface area contributed by atoms with Crippen LogP contribution in [0, 0.1) is 11.8 Å². The highest BCUT2D eigenvalue weighted by atomic mass is 16.1. The van der Waals surface area contributed by atoms with Crippen molar-refractivity contribution in [2.75, 3.05) is 19.6 Å². The molecule has 0 aromatic heterocycles. The van der Waals surface area contributed by atoms with Crippen molar-refractivity contribution in [2.45, 2.75) is 32.6 Å². The van der Waals surface area contributed by atoms with Gasteiger partial charge >= 0.3 is 0 Å². The van der Waals surface area contributed by atoms with Crippen molar-refractivity contribution in [3.05, 3.63) is 0 Å². The van der Waals surface area contributed by atoms with E-state index < -0.39 is 0 Å². The maximum atomic E-state index is 11.9. The van der Waals surface area contributed by atoms with Gasteiger partial charge in [0.05, 0.1) is 0 Å². The van der Waals surface area contributed by atoms with E-state index in [2.05, 4.69) is 11.8 Å². The molecule has 1 aliphatic heterocycles. The molecule has 1 saturated carbocycles. The van der Waals surface area contributed by atoms with Gasteiger partial charge in [-0.3, -0.25) is 4.79 Å². The van der Waals surface area contributed by atoms with Gasteiger partial charge in [-0.2, -0.15) is 0 Å². The van der Waals surface area contributed by atoms with Crippen LogP contribution in [0.5, 0.6) is 0 Å². The van der Waals surface area contributed by atoms with Gasteiger partial charge in [-0.25, -0.2) is 0 Å². The Morgan fingerprint density at radius 3 is 2.23 bits per heavy atom. The Kier molecular flexibility index (Phi) is 2.68. The Labute approximate surface area is 80.3 Å². The summed E-state index contributed by atoms with van der Waals surface area (Å²) < 4.78 is 0. The summed E-state index contributed by atoms with van der Waals surface area (Å²) in [5.41, 5.74) is 0. The maximum Gasteiger partial charge on any atom is 0.141 e. The Bertz CT molecular complexity index is 184. The molecule has 1 aliphatic carbocycles. The average Bonchev–Trinajstić information content (AvgIpc) is 2.26. The number of fused-ring (bicyclic) bond motifs is 2. The first-order valence-corrected chi connectivity index (χ1v) is 5.57. The second kappa shape index (κ2) is 3.79. The number of carbonyl (C=O) groups excluding carboxylic acids is 1. The van der Waals surface area contributed by atoms with E-state index in [1.807, 2.05) is 0 Å². The summed E-state index contributed by atoms with van der Waals surface area (Å²) in [7, 11) is 0. The molecule has 0 aromatic carbocycles. The molecular formula is C11H19NO. The molecule has 13 heavy (non-hydrogen) atoms. The molecule has 1 saturated heterocycles. The quantitative estimate of drug-likeness (QED) is 0.613. The van der Waals surface area contributed by atoms with E-state index >= 15 is 0 Å². The number of Topliss-reactive ketones (excluding diaryl/α,β-unsaturated/α-hetero) is 1.